The van der Waals surface area contributed by atoms with Crippen LogP contribution in [0, 0.1) is 0 Å². The fourth-order valence-corrected chi connectivity index (χ4v) is 2.37. The highest BCUT2D eigenvalue weighted by Crippen LogP contribution is 2.21. The van der Waals surface area contributed by atoms with E-state index in [1.807, 2.05) is 60.7 Å². The summed E-state index contributed by atoms with van der Waals surface area (Å²) in [5, 5.41) is 0. The maximum absolute atomic E-state index is 12.3. The van der Waals surface area contributed by atoms with E-state index < -0.39 is 5.97 Å². The third kappa shape index (κ3) is 4.85. The highest BCUT2D eigenvalue weighted by atomic mass is 16.5. The summed E-state index contributed by atoms with van der Waals surface area (Å²) < 4.78 is 11.1. The predicted octanol–water partition coefficient (Wildman–Crippen LogP) is 4.20. The van der Waals surface area contributed by atoms with Crippen molar-refractivity contribution < 1.29 is 14.3 Å². The molecule has 0 amide bonds. The zero-order valence-electron chi connectivity index (χ0n) is 13.7. The number of hydrogen-bond donors (Lipinski definition) is 1. The van der Waals surface area contributed by atoms with E-state index in [1.54, 1.807) is 18.2 Å². The van der Waals surface area contributed by atoms with Gasteiger partial charge in [0, 0.05) is 11.8 Å². The summed E-state index contributed by atoms with van der Waals surface area (Å²) in [4.78, 5) is 12.3. The van der Waals surface area contributed by atoms with Crippen LogP contribution in [-0.2, 0) is 18.0 Å². The lowest BCUT2D eigenvalue weighted by Gasteiger charge is -2.10. The highest BCUT2D eigenvalue weighted by Gasteiger charge is 2.10. The summed E-state index contributed by atoms with van der Waals surface area (Å²) in [6, 6.07) is 24.2. The molecule has 0 saturated heterocycles. The van der Waals surface area contributed by atoms with E-state index >= 15 is 0 Å². The standard InChI is InChI=1S/C21H19NO3/c22-19-11-18(21(23)25-15-17-9-5-2-6-10-17)12-20(13-19)24-14-16-7-3-1-4-8-16/h1-13H,14-15,22H2. The Hall–Kier alpha value is -3.27. The van der Waals surface area contributed by atoms with E-state index in [0.29, 0.717) is 23.6 Å². The molecule has 0 radical (unpaired) electrons. The lowest BCUT2D eigenvalue weighted by molar-refractivity contribution is 0.0472. The van der Waals surface area contributed by atoms with Crippen LogP contribution < -0.4 is 10.5 Å². The van der Waals surface area contributed by atoms with Gasteiger partial charge in [-0.25, -0.2) is 4.79 Å². The second-order valence-corrected chi connectivity index (χ2v) is 5.63. The van der Waals surface area contributed by atoms with Crippen molar-refractivity contribution in [3.05, 3.63) is 95.6 Å². The molecular weight excluding hydrogens is 314 g/mol. The fraction of sp³-hybridized carbons (Fsp3) is 0.0952. The molecule has 0 aromatic heterocycles. The second-order valence-electron chi connectivity index (χ2n) is 5.63. The molecule has 3 aromatic rings. The van der Waals surface area contributed by atoms with Crippen molar-refractivity contribution in [1.82, 2.24) is 0 Å². The summed E-state index contributed by atoms with van der Waals surface area (Å²) in [6.45, 7) is 0.622. The number of carbonyl (C=O) groups is 1. The van der Waals surface area contributed by atoms with E-state index in [9.17, 15) is 4.79 Å². The average molecular weight is 333 g/mol. The number of carbonyl (C=O) groups excluding carboxylic acids is 1. The van der Waals surface area contributed by atoms with Crippen molar-refractivity contribution >= 4 is 11.7 Å². The highest BCUT2D eigenvalue weighted by molar-refractivity contribution is 5.91. The monoisotopic (exact) mass is 333 g/mol. The molecule has 4 heteroatoms. The molecule has 0 bridgehead atoms. The number of nitrogen functional groups attached to an aromatic ring is 1. The molecule has 0 fully saturated rings. The molecule has 0 aliphatic carbocycles. The number of ether oxygens (including phenoxy) is 2. The van der Waals surface area contributed by atoms with Gasteiger partial charge in [-0.05, 0) is 23.3 Å². The van der Waals surface area contributed by atoms with Crippen LogP contribution in [0.3, 0.4) is 0 Å². The lowest BCUT2D eigenvalue weighted by Crippen LogP contribution is -2.07. The normalized spacial score (nSPS) is 10.2. The number of esters is 1. The van der Waals surface area contributed by atoms with Gasteiger partial charge in [0.15, 0.2) is 0 Å². The first kappa shape index (κ1) is 16.6. The Morgan fingerprint density at radius 3 is 2.04 bits per heavy atom. The summed E-state index contributed by atoms with van der Waals surface area (Å²) in [7, 11) is 0. The van der Waals surface area contributed by atoms with Crippen LogP contribution in [0.15, 0.2) is 78.9 Å². The zero-order valence-corrected chi connectivity index (χ0v) is 13.7. The molecule has 0 aliphatic rings. The third-order valence-electron chi connectivity index (χ3n) is 3.63. The summed E-state index contributed by atoms with van der Waals surface area (Å²) >= 11 is 0. The second kappa shape index (κ2) is 8.02. The predicted molar refractivity (Wildman–Crippen MR) is 97.2 cm³/mol. The molecule has 2 N–H and O–H groups in total. The molecule has 4 nitrogen and oxygen atoms in total. The van der Waals surface area contributed by atoms with Crippen LogP contribution in [0.1, 0.15) is 21.5 Å². The fourth-order valence-electron chi connectivity index (χ4n) is 2.37. The van der Waals surface area contributed by atoms with Gasteiger partial charge < -0.3 is 15.2 Å². The maximum atomic E-state index is 12.3. The summed E-state index contributed by atoms with van der Waals surface area (Å²) in [5.41, 5.74) is 8.69. The molecular formula is C21H19NO3. The molecule has 25 heavy (non-hydrogen) atoms. The Balaban J connectivity index is 1.65. The summed E-state index contributed by atoms with van der Waals surface area (Å²) in [5.74, 6) is 0.108. The zero-order chi connectivity index (χ0) is 17.5. The molecule has 0 atom stereocenters. The number of rotatable bonds is 6. The van der Waals surface area contributed by atoms with Crippen molar-refractivity contribution in [2.75, 3.05) is 5.73 Å². The summed E-state index contributed by atoms with van der Waals surface area (Å²) in [6.07, 6.45) is 0. The third-order valence-corrected chi connectivity index (χ3v) is 3.63. The Kier molecular flexibility index (Phi) is 5.32. The number of anilines is 1. The minimum atomic E-state index is -0.430. The first-order chi connectivity index (χ1) is 12.2. The van der Waals surface area contributed by atoms with Gasteiger partial charge in [-0.3, -0.25) is 0 Å². The van der Waals surface area contributed by atoms with Crippen molar-refractivity contribution in [2.45, 2.75) is 13.2 Å². The van der Waals surface area contributed by atoms with Gasteiger partial charge in [0.1, 0.15) is 19.0 Å². The van der Waals surface area contributed by atoms with Crippen LogP contribution in [0.25, 0.3) is 0 Å². The average Bonchev–Trinajstić information content (AvgIpc) is 2.66. The topological polar surface area (TPSA) is 61.5 Å². The van der Waals surface area contributed by atoms with Gasteiger partial charge >= 0.3 is 5.97 Å². The van der Waals surface area contributed by atoms with Crippen LogP contribution in [0.2, 0.25) is 0 Å². The van der Waals surface area contributed by atoms with E-state index in [2.05, 4.69) is 0 Å². The van der Waals surface area contributed by atoms with Crippen molar-refractivity contribution in [3.63, 3.8) is 0 Å². The van der Waals surface area contributed by atoms with Gasteiger partial charge in [0.05, 0.1) is 5.56 Å². The van der Waals surface area contributed by atoms with Crippen molar-refractivity contribution in [1.29, 1.82) is 0 Å². The largest absolute Gasteiger partial charge is 0.489 e. The molecule has 0 spiro atoms. The smallest absolute Gasteiger partial charge is 0.338 e. The number of nitrogens with two attached hydrogens (primary N) is 1. The molecule has 3 rings (SSSR count). The number of hydrogen-bond acceptors (Lipinski definition) is 4. The SMILES string of the molecule is Nc1cc(OCc2ccccc2)cc(C(=O)OCc2ccccc2)c1. The van der Waals surface area contributed by atoms with Crippen LogP contribution in [-0.4, -0.2) is 5.97 Å². The van der Waals surface area contributed by atoms with Crippen molar-refractivity contribution in [3.8, 4) is 5.75 Å². The van der Waals surface area contributed by atoms with Crippen LogP contribution >= 0.6 is 0 Å². The lowest BCUT2D eigenvalue weighted by atomic mass is 10.2. The van der Waals surface area contributed by atoms with Gasteiger partial charge in [-0.2, -0.15) is 0 Å². The number of benzene rings is 3. The molecule has 0 saturated carbocycles. The molecule has 0 aliphatic heterocycles. The quantitative estimate of drug-likeness (QED) is 0.542. The molecule has 3 aromatic carbocycles. The van der Waals surface area contributed by atoms with Crippen LogP contribution in [0.4, 0.5) is 5.69 Å². The van der Waals surface area contributed by atoms with Gasteiger partial charge in [-0.1, -0.05) is 60.7 Å². The Labute approximate surface area is 146 Å². The minimum absolute atomic E-state index is 0.217. The van der Waals surface area contributed by atoms with Gasteiger partial charge in [0.25, 0.3) is 0 Å². The molecule has 0 unspecified atom stereocenters. The minimum Gasteiger partial charge on any atom is -0.489 e. The van der Waals surface area contributed by atoms with Crippen molar-refractivity contribution in [2.24, 2.45) is 0 Å². The maximum Gasteiger partial charge on any atom is 0.338 e. The van der Waals surface area contributed by atoms with Crippen LogP contribution in [0.5, 0.6) is 5.75 Å². The first-order valence-corrected chi connectivity index (χ1v) is 7.99. The van der Waals surface area contributed by atoms with Gasteiger partial charge in [-0.15, -0.1) is 0 Å². The van der Waals surface area contributed by atoms with E-state index in [-0.39, 0.29) is 6.61 Å². The Bertz CT molecular complexity index is 832. The Morgan fingerprint density at radius 1 is 0.800 bits per heavy atom. The first-order valence-electron chi connectivity index (χ1n) is 7.99. The Morgan fingerprint density at radius 2 is 1.40 bits per heavy atom. The molecule has 0 heterocycles. The van der Waals surface area contributed by atoms with E-state index in [0.717, 1.165) is 11.1 Å². The van der Waals surface area contributed by atoms with E-state index in [4.69, 9.17) is 15.2 Å². The van der Waals surface area contributed by atoms with E-state index in [1.165, 1.54) is 0 Å². The van der Waals surface area contributed by atoms with Gasteiger partial charge in [0.2, 0.25) is 0 Å². The molecule has 126 valence electrons.